The zero-order valence-corrected chi connectivity index (χ0v) is 12.9. The summed E-state index contributed by atoms with van der Waals surface area (Å²) < 4.78 is 6.06. The van der Waals surface area contributed by atoms with E-state index in [9.17, 15) is 5.11 Å². The van der Waals surface area contributed by atoms with Crippen LogP contribution in [0.25, 0.3) is 0 Å². The van der Waals surface area contributed by atoms with Crippen LogP contribution in [0.5, 0.6) is 0 Å². The number of ether oxygens (including phenoxy) is 1. The van der Waals surface area contributed by atoms with Gasteiger partial charge in [0.15, 0.2) is 0 Å². The van der Waals surface area contributed by atoms with Crippen LogP contribution in [0.3, 0.4) is 0 Å². The first kappa shape index (κ1) is 10.9. The summed E-state index contributed by atoms with van der Waals surface area (Å²) in [6.07, 6.45) is 1.05. The first-order valence-corrected chi connectivity index (χ1v) is 7.49. The van der Waals surface area contributed by atoms with Gasteiger partial charge < -0.3 is 9.84 Å². The number of halogens is 2. The van der Waals surface area contributed by atoms with Crippen molar-refractivity contribution < 1.29 is 9.84 Å². The van der Waals surface area contributed by atoms with Crippen LogP contribution in [0.2, 0.25) is 0 Å². The number of fused-ring (bicyclic) bond motifs is 3. The summed E-state index contributed by atoms with van der Waals surface area (Å²) in [5.41, 5.74) is 0. The molecule has 1 saturated heterocycles. The molecule has 1 aliphatic heterocycles. The van der Waals surface area contributed by atoms with Crippen LogP contribution in [0, 0.1) is 5.92 Å². The molecule has 0 bridgehead atoms. The van der Waals surface area contributed by atoms with Gasteiger partial charge in [0.1, 0.15) is 7.85 Å². The van der Waals surface area contributed by atoms with Gasteiger partial charge >= 0.3 is 0 Å². The maximum absolute atomic E-state index is 9.88. The van der Waals surface area contributed by atoms with Crippen LogP contribution in [0.4, 0.5) is 0 Å². The van der Waals surface area contributed by atoms with Gasteiger partial charge in [0.25, 0.3) is 0 Å². The van der Waals surface area contributed by atoms with E-state index in [1.807, 2.05) is 0 Å². The van der Waals surface area contributed by atoms with Crippen LogP contribution in [-0.2, 0) is 4.74 Å². The molecule has 0 unspecified atom stereocenters. The number of thiol groups is 1. The Morgan fingerprint density at radius 2 is 2.14 bits per heavy atom. The number of hydrogen-bond donors (Lipinski definition) is 2. The molecule has 3 rings (SSSR count). The highest BCUT2D eigenvalue weighted by Gasteiger charge is 2.82. The van der Waals surface area contributed by atoms with Gasteiger partial charge in [-0.1, -0.05) is 45.2 Å². The van der Waals surface area contributed by atoms with Crippen molar-refractivity contribution in [2.75, 3.05) is 0 Å². The lowest BCUT2D eigenvalue weighted by Gasteiger charge is -2.30. The van der Waals surface area contributed by atoms with Crippen molar-refractivity contribution in [3.05, 3.63) is 0 Å². The van der Waals surface area contributed by atoms with Crippen LogP contribution < -0.4 is 0 Å². The summed E-state index contributed by atoms with van der Waals surface area (Å²) >= 11 is 9.59. The molecule has 2 nitrogen and oxygen atoms in total. The van der Waals surface area contributed by atoms with Crippen molar-refractivity contribution in [3.63, 3.8) is 0 Å². The zero-order chi connectivity index (χ0) is 10.3. The van der Waals surface area contributed by atoms with E-state index in [-0.39, 0.29) is 24.3 Å². The molecule has 0 aromatic heterocycles. The summed E-state index contributed by atoms with van der Waals surface area (Å²) in [4.78, 5) is 0. The Morgan fingerprint density at radius 3 is 2.79 bits per heavy atom. The number of hydrogen-bond acceptors (Lipinski definition) is 3. The number of aliphatic hydroxyl groups is 1. The smallest absolute Gasteiger partial charge is 0.139 e. The van der Waals surface area contributed by atoms with Gasteiger partial charge in [-0.15, -0.1) is 0 Å². The molecule has 0 spiro atoms. The Morgan fingerprint density at radius 1 is 1.50 bits per heavy atom. The molecule has 3 aliphatic rings. The number of aliphatic hydroxyl groups excluding tert-OH is 1. The first-order valence-electron chi connectivity index (χ1n) is 4.81. The van der Waals surface area contributed by atoms with E-state index in [1.54, 1.807) is 0 Å². The largest absolute Gasteiger partial charge is 0.391 e. The van der Waals surface area contributed by atoms with Crippen molar-refractivity contribution in [1.29, 1.82) is 0 Å². The molecule has 78 valence electrons. The quantitative estimate of drug-likeness (QED) is 0.249. The van der Waals surface area contributed by atoms with E-state index in [1.165, 1.54) is 0 Å². The van der Waals surface area contributed by atoms with Crippen molar-refractivity contribution in [1.82, 2.24) is 0 Å². The molecular weight excluding hydrogens is 425 g/mol. The second-order valence-corrected chi connectivity index (χ2v) is 9.13. The fraction of sp³-hybridized carbons (Fsp3) is 1.00. The van der Waals surface area contributed by atoms with Crippen LogP contribution >= 0.6 is 57.8 Å². The first-order chi connectivity index (χ1) is 6.42. The third kappa shape index (κ3) is 1.03. The molecule has 1 heterocycles. The molecule has 1 N–H and O–H groups in total. The van der Waals surface area contributed by atoms with Crippen molar-refractivity contribution in [2.24, 2.45) is 5.92 Å². The SMILES string of the molecule is B[C@@H]1C[C@@]2(I)[C@@H](S)[C@@H]3[C@@H](O)[C@]3(I)[C@H]2O1. The maximum atomic E-state index is 9.88. The van der Waals surface area contributed by atoms with E-state index in [4.69, 9.17) is 17.4 Å². The molecular formula is C8H11BI2O2S. The van der Waals surface area contributed by atoms with E-state index in [0.717, 1.165) is 6.42 Å². The minimum atomic E-state index is -0.205. The highest BCUT2D eigenvalue weighted by atomic mass is 127. The topological polar surface area (TPSA) is 29.5 Å². The van der Waals surface area contributed by atoms with Crippen LogP contribution in [-0.4, -0.2) is 43.3 Å². The second kappa shape index (κ2) is 2.97. The van der Waals surface area contributed by atoms with Crippen molar-refractivity contribution in [2.45, 2.75) is 36.7 Å². The molecule has 3 fully saturated rings. The molecule has 14 heavy (non-hydrogen) atoms. The summed E-state index contributed by atoms with van der Waals surface area (Å²) in [5, 5.41) is 10.2. The van der Waals surface area contributed by atoms with Crippen molar-refractivity contribution >= 4 is 65.7 Å². The lowest BCUT2D eigenvalue weighted by atomic mass is 9.89. The van der Waals surface area contributed by atoms with E-state index in [2.05, 4.69) is 53.0 Å². The third-order valence-electron chi connectivity index (χ3n) is 3.83. The number of alkyl halides is 2. The predicted molar refractivity (Wildman–Crippen MR) is 77.6 cm³/mol. The van der Waals surface area contributed by atoms with E-state index < -0.39 is 0 Å². The van der Waals surface area contributed by atoms with Gasteiger partial charge in [-0.05, 0) is 6.42 Å². The molecule has 2 aliphatic carbocycles. The highest BCUT2D eigenvalue weighted by Crippen LogP contribution is 2.72. The second-order valence-electron chi connectivity index (χ2n) is 4.70. The standard InChI is InChI=1S/C8H11BI2O2S/c9-2-1-7(10)5(14)3-4(12)8(3,11)6(7)13-2/h2-6,12,14H,1,9H2/t2-,3-,4+,5-,6-,7+,8-/m0/s1. The fourth-order valence-electron chi connectivity index (χ4n) is 3.12. The predicted octanol–water partition coefficient (Wildman–Crippen LogP) is 0.385. The third-order valence-corrected chi connectivity index (χ3v) is 8.71. The average Bonchev–Trinajstić information content (AvgIpc) is 2.39. The summed E-state index contributed by atoms with van der Waals surface area (Å²) in [6.45, 7) is 0. The Balaban J connectivity index is 2.01. The molecule has 7 atom stereocenters. The van der Waals surface area contributed by atoms with Gasteiger partial charge in [0.2, 0.25) is 0 Å². The Hall–Kier alpha value is 1.79. The lowest BCUT2D eigenvalue weighted by molar-refractivity contribution is 0.0706. The summed E-state index contributed by atoms with van der Waals surface area (Å²) in [7, 11) is 2.11. The highest BCUT2D eigenvalue weighted by molar-refractivity contribution is 14.1. The Kier molecular flexibility index (Phi) is 2.32. The monoisotopic (exact) mass is 436 g/mol. The normalized spacial score (nSPS) is 70.4. The minimum Gasteiger partial charge on any atom is -0.391 e. The van der Waals surface area contributed by atoms with Gasteiger partial charge in [-0.25, -0.2) is 0 Å². The number of rotatable bonds is 0. The van der Waals surface area contributed by atoms with Gasteiger partial charge in [0, 0.05) is 17.2 Å². The molecule has 6 heteroatoms. The van der Waals surface area contributed by atoms with E-state index in [0.29, 0.717) is 11.9 Å². The van der Waals surface area contributed by atoms with E-state index >= 15 is 0 Å². The zero-order valence-electron chi connectivity index (χ0n) is 7.65. The van der Waals surface area contributed by atoms with Gasteiger partial charge in [0.05, 0.1) is 19.1 Å². The molecule has 0 aromatic rings. The summed E-state index contributed by atoms with van der Waals surface area (Å²) in [6, 6.07) is 0.312. The maximum Gasteiger partial charge on any atom is 0.139 e. The van der Waals surface area contributed by atoms with Gasteiger partial charge in [-0.3, -0.25) is 0 Å². The van der Waals surface area contributed by atoms with Crippen LogP contribution in [0.15, 0.2) is 0 Å². The fourth-order valence-corrected chi connectivity index (χ4v) is 7.93. The minimum absolute atomic E-state index is 0.0455. The van der Waals surface area contributed by atoms with Crippen LogP contribution in [0.1, 0.15) is 6.42 Å². The van der Waals surface area contributed by atoms with Gasteiger partial charge in [-0.2, -0.15) is 12.6 Å². The molecule has 0 aromatic carbocycles. The average molecular weight is 436 g/mol. The Labute approximate surface area is 117 Å². The summed E-state index contributed by atoms with van der Waals surface area (Å²) in [5.74, 6) is 0.334. The Bertz CT molecular complexity index is 307. The van der Waals surface area contributed by atoms with Crippen molar-refractivity contribution in [3.8, 4) is 0 Å². The molecule has 2 saturated carbocycles. The molecule has 0 radical (unpaired) electrons. The lowest BCUT2D eigenvalue weighted by Crippen LogP contribution is -2.42. The molecule has 0 amide bonds.